The van der Waals surface area contributed by atoms with Crippen LogP contribution < -0.4 is 5.32 Å². The lowest BCUT2D eigenvalue weighted by molar-refractivity contribution is 0.397. The van der Waals surface area contributed by atoms with E-state index in [0.717, 1.165) is 35.8 Å². The van der Waals surface area contributed by atoms with Crippen LogP contribution in [0.15, 0.2) is 22.7 Å². The lowest BCUT2D eigenvalue weighted by Crippen LogP contribution is -2.25. The summed E-state index contributed by atoms with van der Waals surface area (Å²) in [5, 5.41) is 12.4. The second kappa shape index (κ2) is 5.55. The van der Waals surface area contributed by atoms with Gasteiger partial charge in [0, 0.05) is 22.1 Å². The first-order valence-corrected chi connectivity index (χ1v) is 6.90. The lowest BCUT2D eigenvalue weighted by atomic mass is 9.87. The van der Waals surface area contributed by atoms with Gasteiger partial charge in [0.25, 0.3) is 0 Å². The molecule has 1 aliphatic rings. The van der Waals surface area contributed by atoms with Crippen molar-refractivity contribution in [3.8, 4) is 6.07 Å². The zero-order valence-corrected chi connectivity index (χ0v) is 11.6. The Bertz CT molecular complexity index is 428. The van der Waals surface area contributed by atoms with Gasteiger partial charge in [-0.2, -0.15) is 5.26 Å². The van der Waals surface area contributed by atoms with E-state index in [-0.39, 0.29) is 5.92 Å². The third kappa shape index (κ3) is 3.23. The van der Waals surface area contributed by atoms with Crippen LogP contribution in [-0.4, -0.2) is 6.04 Å². The molecule has 1 aromatic carbocycles. The molecule has 1 aromatic rings. The third-order valence-electron chi connectivity index (χ3n) is 3.39. The summed E-state index contributed by atoms with van der Waals surface area (Å²) in [6.45, 7) is 2.09. The topological polar surface area (TPSA) is 35.8 Å². The minimum absolute atomic E-state index is 0.273. The number of hydrogen-bond acceptors (Lipinski definition) is 2. The molecule has 1 aliphatic carbocycles. The number of nitrogens with one attached hydrogen (secondary N) is 1. The Morgan fingerprint density at radius 2 is 2.00 bits per heavy atom. The largest absolute Gasteiger partial charge is 0.381 e. The van der Waals surface area contributed by atoms with Gasteiger partial charge in [0.1, 0.15) is 0 Å². The minimum Gasteiger partial charge on any atom is -0.381 e. The van der Waals surface area contributed by atoms with Crippen LogP contribution in [0, 0.1) is 24.2 Å². The highest BCUT2D eigenvalue weighted by Gasteiger charge is 2.20. The van der Waals surface area contributed by atoms with Gasteiger partial charge in [-0.3, -0.25) is 0 Å². The molecule has 3 heteroatoms. The number of nitriles is 1. The fourth-order valence-corrected chi connectivity index (χ4v) is 2.93. The molecule has 1 fully saturated rings. The van der Waals surface area contributed by atoms with Crippen molar-refractivity contribution in [2.75, 3.05) is 5.32 Å². The maximum absolute atomic E-state index is 8.86. The highest BCUT2D eigenvalue weighted by Crippen LogP contribution is 2.29. The second-order valence-electron chi connectivity index (χ2n) is 4.81. The van der Waals surface area contributed by atoms with Crippen molar-refractivity contribution in [2.45, 2.75) is 38.6 Å². The van der Waals surface area contributed by atoms with Gasteiger partial charge in [-0.1, -0.05) is 6.07 Å². The molecule has 1 saturated carbocycles. The van der Waals surface area contributed by atoms with Gasteiger partial charge in [0.05, 0.1) is 6.07 Å². The minimum atomic E-state index is 0.273. The Kier molecular flexibility index (Phi) is 4.06. The van der Waals surface area contributed by atoms with E-state index >= 15 is 0 Å². The van der Waals surface area contributed by atoms with E-state index in [1.165, 1.54) is 5.56 Å². The Labute approximate surface area is 111 Å². The van der Waals surface area contributed by atoms with Crippen molar-refractivity contribution in [1.82, 2.24) is 0 Å². The Morgan fingerprint density at radius 1 is 1.29 bits per heavy atom. The van der Waals surface area contributed by atoms with Gasteiger partial charge in [0.15, 0.2) is 0 Å². The van der Waals surface area contributed by atoms with Crippen molar-refractivity contribution in [3.05, 3.63) is 28.2 Å². The number of benzene rings is 1. The van der Waals surface area contributed by atoms with Gasteiger partial charge in [-0.05, 0) is 66.2 Å². The molecule has 0 aromatic heterocycles. The molecule has 0 spiro atoms. The maximum Gasteiger partial charge on any atom is 0.0655 e. The molecular formula is C14H17BrN2. The number of rotatable bonds is 2. The highest BCUT2D eigenvalue weighted by atomic mass is 79.9. The zero-order chi connectivity index (χ0) is 12.3. The highest BCUT2D eigenvalue weighted by molar-refractivity contribution is 9.10. The van der Waals surface area contributed by atoms with E-state index in [9.17, 15) is 0 Å². The molecule has 0 aliphatic heterocycles. The molecule has 0 heterocycles. The first-order valence-electron chi connectivity index (χ1n) is 6.11. The summed E-state index contributed by atoms with van der Waals surface area (Å²) in [6.07, 6.45) is 4.24. The summed E-state index contributed by atoms with van der Waals surface area (Å²) in [5.74, 6) is 0.273. The lowest BCUT2D eigenvalue weighted by Gasteiger charge is -2.27. The van der Waals surface area contributed by atoms with E-state index in [1.54, 1.807) is 0 Å². The van der Waals surface area contributed by atoms with Crippen molar-refractivity contribution in [1.29, 1.82) is 5.26 Å². The summed E-state index contributed by atoms with van der Waals surface area (Å²) >= 11 is 3.58. The summed E-state index contributed by atoms with van der Waals surface area (Å²) < 4.78 is 1.12. The first-order chi connectivity index (χ1) is 8.19. The Hall–Kier alpha value is -1.01. The Balaban J connectivity index is 1.96. The fraction of sp³-hybridized carbons (Fsp3) is 0.500. The smallest absolute Gasteiger partial charge is 0.0655 e. The molecule has 0 atom stereocenters. The molecule has 17 heavy (non-hydrogen) atoms. The van der Waals surface area contributed by atoms with Crippen LogP contribution in [0.4, 0.5) is 5.69 Å². The average Bonchev–Trinajstić information content (AvgIpc) is 2.34. The normalized spacial score (nSPS) is 24.1. The van der Waals surface area contributed by atoms with Crippen molar-refractivity contribution < 1.29 is 0 Å². The van der Waals surface area contributed by atoms with Crippen LogP contribution in [0.25, 0.3) is 0 Å². The predicted molar refractivity (Wildman–Crippen MR) is 73.9 cm³/mol. The molecular weight excluding hydrogens is 276 g/mol. The van der Waals surface area contributed by atoms with E-state index in [4.69, 9.17) is 5.26 Å². The van der Waals surface area contributed by atoms with Gasteiger partial charge in [-0.15, -0.1) is 0 Å². The second-order valence-corrected chi connectivity index (χ2v) is 5.66. The monoisotopic (exact) mass is 292 g/mol. The van der Waals surface area contributed by atoms with Crippen LogP contribution in [0.1, 0.15) is 31.2 Å². The van der Waals surface area contributed by atoms with Gasteiger partial charge in [-0.25, -0.2) is 0 Å². The van der Waals surface area contributed by atoms with E-state index in [0.29, 0.717) is 6.04 Å². The molecule has 0 radical (unpaired) electrons. The SMILES string of the molecule is Cc1ccc(NC2CCC(C#N)CC2)c(Br)c1. The molecule has 90 valence electrons. The summed E-state index contributed by atoms with van der Waals surface area (Å²) in [7, 11) is 0. The third-order valence-corrected chi connectivity index (χ3v) is 4.05. The summed E-state index contributed by atoms with van der Waals surface area (Å²) in [5.41, 5.74) is 2.42. The quantitative estimate of drug-likeness (QED) is 0.884. The van der Waals surface area contributed by atoms with Crippen molar-refractivity contribution in [3.63, 3.8) is 0 Å². The van der Waals surface area contributed by atoms with Gasteiger partial charge in [0.2, 0.25) is 0 Å². The van der Waals surface area contributed by atoms with Gasteiger partial charge < -0.3 is 5.32 Å². The molecule has 1 N–H and O–H groups in total. The summed E-state index contributed by atoms with van der Waals surface area (Å²) in [6, 6.07) is 9.25. The van der Waals surface area contributed by atoms with Crippen LogP contribution in [0.2, 0.25) is 0 Å². The van der Waals surface area contributed by atoms with Crippen LogP contribution in [0.5, 0.6) is 0 Å². The van der Waals surface area contributed by atoms with Crippen molar-refractivity contribution in [2.24, 2.45) is 5.92 Å². The van der Waals surface area contributed by atoms with Crippen molar-refractivity contribution >= 4 is 21.6 Å². The van der Waals surface area contributed by atoms with E-state index in [1.807, 2.05) is 0 Å². The average molecular weight is 293 g/mol. The molecule has 0 unspecified atom stereocenters. The number of nitrogens with zero attached hydrogens (tertiary/aromatic N) is 1. The fourth-order valence-electron chi connectivity index (χ4n) is 2.32. The van der Waals surface area contributed by atoms with Crippen LogP contribution in [0.3, 0.4) is 0 Å². The Morgan fingerprint density at radius 3 is 2.59 bits per heavy atom. The van der Waals surface area contributed by atoms with E-state index in [2.05, 4.69) is 52.4 Å². The zero-order valence-electron chi connectivity index (χ0n) is 10.0. The molecule has 2 nitrogen and oxygen atoms in total. The number of anilines is 1. The maximum atomic E-state index is 8.86. The van der Waals surface area contributed by atoms with Crippen LogP contribution in [-0.2, 0) is 0 Å². The standard InChI is InChI=1S/C14H17BrN2/c1-10-2-7-14(13(15)8-10)17-12-5-3-11(9-16)4-6-12/h2,7-8,11-12,17H,3-6H2,1H3. The molecule has 2 rings (SSSR count). The number of aryl methyl sites for hydroxylation is 1. The number of hydrogen-bond donors (Lipinski definition) is 1. The molecule has 0 amide bonds. The molecule has 0 saturated heterocycles. The predicted octanol–water partition coefficient (Wildman–Crippen LogP) is 4.25. The first kappa shape index (κ1) is 12.4. The van der Waals surface area contributed by atoms with Gasteiger partial charge >= 0.3 is 0 Å². The van der Waals surface area contributed by atoms with E-state index < -0.39 is 0 Å². The summed E-state index contributed by atoms with van der Waals surface area (Å²) in [4.78, 5) is 0. The molecule has 0 bridgehead atoms. The van der Waals surface area contributed by atoms with Crippen LogP contribution >= 0.6 is 15.9 Å². The number of halogens is 1.